The first-order chi connectivity index (χ1) is 9.20. The minimum Gasteiger partial charge on any atom is -0.311 e. The molecule has 0 radical (unpaired) electrons. The Bertz CT molecular complexity index is 516. The van der Waals surface area contributed by atoms with Gasteiger partial charge in [0.1, 0.15) is 11.6 Å². The molecule has 0 atom stereocenters. The summed E-state index contributed by atoms with van der Waals surface area (Å²) in [6.07, 6.45) is 4.70. The van der Waals surface area contributed by atoms with Crippen molar-refractivity contribution in [2.45, 2.75) is 33.7 Å². The Hall–Kier alpha value is -1.68. The number of hydrogen-bond donors (Lipinski definition) is 1. The third-order valence-corrected chi connectivity index (χ3v) is 2.93. The maximum absolute atomic E-state index is 4.68. The van der Waals surface area contributed by atoms with Gasteiger partial charge in [-0.3, -0.25) is 4.57 Å². The SMILES string of the molecule is CCc1nccn1-c1cccc(CNCC(C)C)n1. The van der Waals surface area contributed by atoms with E-state index in [0.717, 1.165) is 36.8 Å². The molecule has 0 aliphatic carbocycles. The van der Waals surface area contributed by atoms with Gasteiger partial charge in [-0.25, -0.2) is 9.97 Å². The number of rotatable bonds is 6. The van der Waals surface area contributed by atoms with Crippen molar-refractivity contribution in [1.82, 2.24) is 19.9 Å². The Morgan fingerprint density at radius 2 is 2.16 bits per heavy atom. The first-order valence-electron chi connectivity index (χ1n) is 6.90. The molecule has 2 aromatic heterocycles. The summed E-state index contributed by atoms with van der Waals surface area (Å²) in [4.78, 5) is 9.01. The molecule has 0 bridgehead atoms. The van der Waals surface area contributed by atoms with E-state index < -0.39 is 0 Å². The van der Waals surface area contributed by atoms with Gasteiger partial charge in [-0.05, 0) is 24.6 Å². The third-order valence-electron chi connectivity index (χ3n) is 2.93. The van der Waals surface area contributed by atoms with Crippen LogP contribution in [0.5, 0.6) is 0 Å². The fourth-order valence-electron chi connectivity index (χ4n) is 1.99. The van der Waals surface area contributed by atoms with Crippen molar-refractivity contribution < 1.29 is 0 Å². The summed E-state index contributed by atoms with van der Waals surface area (Å²) in [6, 6.07) is 6.13. The lowest BCUT2D eigenvalue weighted by atomic mass is 10.2. The number of nitrogens with one attached hydrogen (secondary N) is 1. The summed E-state index contributed by atoms with van der Waals surface area (Å²) < 4.78 is 2.05. The van der Waals surface area contributed by atoms with Gasteiger partial charge in [0.15, 0.2) is 0 Å². The smallest absolute Gasteiger partial charge is 0.138 e. The average molecular weight is 258 g/mol. The van der Waals surface area contributed by atoms with E-state index in [9.17, 15) is 0 Å². The zero-order valence-corrected chi connectivity index (χ0v) is 11.9. The van der Waals surface area contributed by atoms with Crippen LogP contribution in [-0.2, 0) is 13.0 Å². The molecule has 102 valence electrons. The standard InChI is InChI=1S/C15H22N4/c1-4-14-17-8-9-19(14)15-7-5-6-13(18-15)11-16-10-12(2)3/h5-9,12,16H,4,10-11H2,1-3H3. The summed E-state index contributed by atoms with van der Waals surface area (Å²) >= 11 is 0. The second kappa shape index (κ2) is 6.48. The number of aromatic nitrogens is 3. The number of imidazole rings is 1. The number of hydrogen-bond acceptors (Lipinski definition) is 3. The predicted molar refractivity (Wildman–Crippen MR) is 77.3 cm³/mol. The minimum absolute atomic E-state index is 0.656. The summed E-state index contributed by atoms with van der Waals surface area (Å²) in [5, 5.41) is 3.41. The molecule has 2 rings (SSSR count). The number of pyridine rings is 1. The monoisotopic (exact) mass is 258 g/mol. The summed E-state index contributed by atoms with van der Waals surface area (Å²) in [6.45, 7) is 8.33. The lowest BCUT2D eigenvalue weighted by molar-refractivity contribution is 0.548. The number of nitrogens with zero attached hydrogens (tertiary/aromatic N) is 3. The van der Waals surface area contributed by atoms with Crippen molar-refractivity contribution in [3.8, 4) is 5.82 Å². The molecule has 0 amide bonds. The minimum atomic E-state index is 0.656. The summed E-state index contributed by atoms with van der Waals surface area (Å²) in [5.74, 6) is 2.64. The van der Waals surface area contributed by atoms with E-state index in [1.807, 2.05) is 29.1 Å². The topological polar surface area (TPSA) is 42.7 Å². The van der Waals surface area contributed by atoms with Crippen molar-refractivity contribution in [2.75, 3.05) is 6.54 Å². The second-order valence-electron chi connectivity index (χ2n) is 5.08. The molecule has 0 spiro atoms. The Labute approximate surface area is 114 Å². The Morgan fingerprint density at radius 3 is 2.89 bits per heavy atom. The molecule has 2 heterocycles. The number of aryl methyl sites for hydroxylation is 1. The van der Waals surface area contributed by atoms with E-state index in [1.165, 1.54) is 0 Å². The van der Waals surface area contributed by atoms with Gasteiger partial charge in [0.05, 0.1) is 5.69 Å². The molecular weight excluding hydrogens is 236 g/mol. The van der Waals surface area contributed by atoms with Crippen LogP contribution >= 0.6 is 0 Å². The van der Waals surface area contributed by atoms with E-state index in [-0.39, 0.29) is 0 Å². The van der Waals surface area contributed by atoms with Crippen LogP contribution in [0, 0.1) is 5.92 Å². The van der Waals surface area contributed by atoms with E-state index in [4.69, 9.17) is 0 Å². The Balaban J connectivity index is 2.11. The largest absolute Gasteiger partial charge is 0.311 e. The molecule has 0 aliphatic heterocycles. The highest BCUT2D eigenvalue weighted by Crippen LogP contribution is 2.09. The van der Waals surface area contributed by atoms with Gasteiger partial charge in [0, 0.05) is 25.4 Å². The average Bonchev–Trinajstić information content (AvgIpc) is 2.87. The fraction of sp³-hybridized carbons (Fsp3) is 0.467. The van der Waals surface area contributed by atoms with Crippen LogP contribution < -0.4 is 5.32 Å². The van der Waals surface area contributed by atoms with E-state index in [1.54, 1.807) is 0 Å². The molecule has 2 aromatic rings. The maximum Gasteiger partial charge on any atom is 0.138 e. The van der Waals surface area contributed by atoms with Gasteiger partial charge in [-0.1, -0.05) is 26.8 Å². The first kappa shape index (κ1) is 13.7. The van der Waals surface area contributed by atoms with Gasteiger partial charge < -0.3 is 5.32 Å². The van der Waals surface area contributed by atoms with Gasteiger partial charge in [-0.2, -0.15) is 0 Å². The lowest BCUT2D eigenvalue weighted by Crippen LogP contribution is -2.19. The zero-order chi connectivity index (χ0) is 13.7. The molecule has 0 fully saturated rings. The van der Waals surface area contributed by atoms with Crippen molar-refractivity contribution in [3.63, 3.8) is 0 Å². The van der Waals surface area contributed by atoms with E-state index in [0.29, 0.717) is 5.92 Å². The molecule has 0 saturated carbocycles. The normalized spacial score (nSPS) is 11.2. The van der Waals surface area contributed by atoms with Crippen LogP contribution in [0.1, 0.15) is 32.3 Å². The Morgan fingerprint density at radius 1 is 1.32 bits per heavy atom. The third kappa shape index (κ3) is 3.64. The highest BCUT2D eigenvalue weighted by molar-refractivity contribution is 5.26. The van der Waals surface area contributed by atoms with Crippen LogP contribution in [0.15, 0.2) is 30.6 Å². The second-order valence-corrected chi connectivity index (χ2v) is 5.08. The molecule has 0 unspecified atom stereocenters. The molecule has 19 heavy (non-hydrogen) atoms. The molecule has 0 aromatic carbocycles. The summed E-state index contributed by atoms with van der Waals surface area (Å²) in [5.41, 5.74) is 1.06. The van der Waals surface area contributed by atoms with Crippen LogP contribution in [0.4, 0.5) is 0 Å². The highest BCUT2D eigenvalue weighted by Gasteiger charge is 2.05. The molecule has 4 heteroatoms. The molecule has 4 nitrogen and oxygen atoms in total. The zero-order valence-electron chi connectivity index (χ0n) is 11.9. The molecule has 0 aliphatic rings. The molecular formula is C15H22N4. The lowest BCUT2D eigenvalue weighted by Gasteiger charge is -2.09. The van der Waals surface area contributed by atoms with Gasteiger partial charge >= 0.3 is 0 Å². The quantitative estimate of drug-likeness (QED) is 0.866. The summed E-state index contributed by atoms with van der Waals surface area (Å²) in [7, 11) is 0. The van der Waals surface area contributed by atoms with Crippen molar-refractivity contribution in [3.05, 3.63) is 42.1 Å². The van der Waals surface area contributed by atoms with Gasteiger partial charge in [0.2, 0.25) is 0 Å². The van der Waals surface area contributed by atoms with Crippen LogP contribution in [0.3, 0.4) is 0 Å². The first-order valence-corrected chi connectivity index (χ1v) is 6.90. The van der Waals surface area contributed by atoms with Crippen molar-refractivity contribution in [1.29, 1.82) is 0 Å². The maximum atomic E-state index is 4.68. The van der Waals surface area contributed by atoms with E-state index in [2.05, 4.69) is 42.1 Å². The van der Waals surface area contributed by atoms with Gasteiger partial charge in [0.25, 0.3) is 0 Å². The van der Waals surface area contributed by atoms with E-state index >= 15 is 0 Å². The Kier molecular flexibility index (Phi) is 4.68. The van der Waals surface area contributed by atoms with Crippen molar-refractivity contribution >= 4 is 0 Å². The van der Waals surface area contributed by atoms with Crippen molar-refractivity contribution in [2.24, 2.45) is 5.92 Å². The van der Waals surface area contributed by atoms with Gasteiger partial charge in [-0.15, -0.1) is 0 Å². The van der Waals surface area contributed by atoms with Crippen LogP contribution in [0.25, 0.3) is 5.82 Å². The highest BCUT2D eigenvalue weighted by atomic mass is 15.1. The van der Waals surface area contributed by atoms with Crippen LogP contribution in [-0.4, -0.2) is 21.1 Å². The van der Waals surface area contributed by atoms with Crippen LogP contribution in [0.2, 0.25) is 0 Å². The molecule has 0 saturated heterocycles. The predicted octanol–water partition coefficient (Wildman–Crippen LogP) is 2.58. The fourth-order valence-corrected chi connectivity index (χ4v) is 1.99. The molecule has 1 N–H and O–H groups in total.